The fourth-order valence-corrected chi connectivity index (χ4v) is 1.63. The van der Waals surface area contributed by atoms with Gasteiger partial charge in [-0.2, -0.15) is 13.2 Å². The lowest BCUT2D eigenvalue weighted by molar-refractivity contribution is -0.138. The topological polar surface area (TPSA) is 58.2 Å². The highest BCUT2D eigenvalue weighted by molar-refractivity contribution is 5.96. The third-order valence-electron chi connectivity index (χ3n) is 2.62. The highest BCUT2D eigenvalue weighted by Crippen LogP contribution is 2.33. The molecule has 2 N–H and O–H groups in total. The first-order valence-electron chi connectivity index (χ1n) is 5.87. The molecule has 0 aromatic heterocycles. The van der Waals surface area contributed by atoms with Crippen molar-refractivity contribution in [2.45, 2.75) is 33.0 Å². The van der Waals surface area contributed by atoms with Gasteiger partial charge in [-0.15, -0.1) is 0 Å². The minimum atomic E-state index is -4.48. The van der Waals surface area contributed by atoms with Crippen LogP contribution in [0.15, 0.2) is 18.2 Å². The van der Waals surface area contributed by atoms with E-state index in [1.165, 1.54) is 32.9 Å². The van der Waals surface area contributed by atoms with Gasteiger partial charge in [0.05, 0.1) is 5.56 Å². The molecular formula is C13H15F3N2O2. The normalized spacial score (nSPS) is 12.7. The summed E-state index contributed by atoms with van der Waals surface area (Å²) in [5.74, 6) is -0.982. The van der Waals surface area contributed by atoms with Crippen molar-refractivity contribution in [2.24, 2.45) is 0 Å². The summed E-state index contributed by atoms with van der Waals surface area (Å²) in [6, 6.07) is 2.70. The highest BCUT2D eigenvalue weighted by Gasteiger charge is 2.32. The molecule has 0 radical (unpaired) electrons. The molecule has 7 heteroatoms. The van der Waals surface area contributed by atoms with Crippen molar-refractivity contribution in [2.75, 3.05) is 5.32 Å². The van der Waals surface area contributed by atoms with E-state index in [0.717, 1.165) is 6.07 Å². The van der Waals surface area contributed by atoms with Gasteiger partial charge in [-0.1, -0.05) is 6.07 Å². The maximum atomic E-state index is 12.7. The zero-order chi connectivity index (χ0) is 15.5. The lowest BCUT2D eigenvalue weighted by Crippen LogP contribution is -2.40. The van der Waals surface area contributed by atoms with Gasteiger partial charge in [0.25, 0.3) is 0 Å². The van der Waals surface area contributed by atoms with Gasteiger partial charge in [-0.3, -0.25) is 9.59 Å². The van der Waals surface area contributed by atoms with Crippen molar-refractivity contribution in [3.05, 3.63) is 29.3 Å². The number of hydrogen-bond donors (Lipinski definition) is 2. The van der Waals surface area contributed by atoms with Crippen molar-refractivity contribution < 1.29 is 22.8 Å². The van der Waals surface area contributed by atoms with Gasteiger partial charge in [0.15, 0.2) is 0 Å². The maximum Gasteiger partial charge on any atom is 0.416 e. The smallest absolute Gasteiger partial charge is 0.345 e. The van der Waals surface area contributed by atoms with Crippen LogP contribution >= 0.6 is 0 Å². The fraction of sp³-hybridized carbons (Fsp3) is 0.385. The number of carbonyl (C=O) groups excluding carboxylic acids is 2. The summed E-state index contributed by atoms with van der Waals surface area (Å²) >= 11 is 0. The number of anilines is 1. The highest BCUT2D eigenvalue weighted by atomic mass is 19.4. The van der Waals surface area contributed by atoms with Crippen LogP contribution in [0.3, 0.4) is 0 Å². The molecule has 1 aromatic carbocycles. The second-order valence-electron chi connectivity index (χ2n) is 4.44. The molecule has 1 rings (SSSR count). The van der Waals surface area contributed by atoms with Crippen molar-refractivity contribution >= 4 is 17.5 Å². The molecule has 1 atom stereocenters. The lowest BCUT2D eigenvalue weighted by Gasteiger charge is -2.15. The zero-order valence-electron chi connectivity index (χ0n) is 11.3. The monoisotopic (exact) mass is 288 g/mol. The van der Waals surface area contributed by atoms with E-state index in [4.69, 9.17) is 0 Å². The van der Waals surface area contributed by atoms with Gasteiger partial charge < -0.3 is 10.6 Å². The Kier molecular flexibility index (Phi) is 4.75. The van der Waals surface area contributed by atoms with Gasteiger partial charge in [-0.25, -0.2) is 0 Å². The summed E-state index contributed by atoms with van der Waals surface area (Å²) in [4.78, 5) is 22.5. The van der Waals surface area contributed by atoms with Crippen molar-refractivity contribution in [3.8, 4) is 0 Å². The first-order valence-corrected chi connectivity index (χ1v) is 5.87. The lowest BCUT2D eigenvalue weighted by atomic mass is 10.1. The van der Waals surface area contributed by atoms with E-state index in [0.29, 0.717) is 0 Å². The van der Waals surface area contributed by atoms with Crippen LogP contribution in [0.4, 0.5) is 18.9 Å². The van der Waals surface area contributed by atoms with Crippen LogP contribution in [-0.4, -0.2) is 17.9 Å². The molecule has 0 heterocycles. The number of rotatable bonds is 3. The Hall–Kier alpha value is -2.05. The van der Waals surface area contributed by atoms with E-state index in [9.17, 15) is 22.8 Å². The molecule has 2 amide bonds. The van der Waals surface area contributed by atoms with Crippen LogP contribution in [0.5, 0.6) is 0 Å². The van der Waals surface area contributed by atoms with Crippen molar-refractivity contribution in [3.63, 3.8) is 0 Å². The summed E-state index contributed by atoms with van der Waals surface area (Å²) in [6.45, 7) is 4.03. The largest absolute Gasteiger partial charge is 0.416 e. The van der Waals surface area contributed by atoms with E-state index in [1.54, 1.807) is 0 Å². The molecule has 110 valence electrons. The molecule has 0 bridgehead atoms. The van der Waals surface area contributed by atoms with Gasteiger partial charge in [0, 0.05) is 12.6 Å². The maximum absolute atomic E-state index is 12.7. The quantitative estimate of drug-likeness (QED) is 0.897. The number of amides is 2. The van der Waals surface area contributed by atoms with Crippen LogP contribution in [0.2, 0.25) is 0 Å². The number of aryl methyl sites for hydroxylation is 1. The SMILES string of the molecule is CC(=O)N[C@H](C)C(=O)Nc1ccc(C)c(C(F)(F)F)c1. The number of halogens is 3. The Labute approximate surface area is 114 Å². The summed E-state index contributed by atoms with van der Waals surface area (Å²) in [5.41, 5.74) is -0.696. The number of alkyl halides is 3. The number of carbonyl (C=O) groups is 2. The minimum Gasteiger partial charge on any atom is -0.345 e. The minimum absolute atomic E-state index is 0.0325. The zero-order valence-corrected chi connectivity index (χ0v) is 11.3. The molecule has 0 aliphatic heterocycles. The molecule has 1 aromatic rings. The molecule has 4 nitrogen and oxygen atoms in total. The number of nitrogens with one attached hydrogen (secondary N) is 2. The standard InChI is InChI=1S/C13H15F3N2O2/c1-7-4-5-10(6-11(7)13(14,15)16)18-12(20)8(2)17-9(3)19/h4-6,8H,1-3H3,(H,17,19)(H,18,20)/t8-/m1/s1. The van der Waals surface area contributed by atoms with Gasteiger partial charge >= 0.3 is 6.18 Å². The molecular weight excluding hydrogens is 273 g/mol. The molecule has 20 heavy (non-hydrogen) atoms. The predicted octanol–water partition coefficient (Wildman–Crippen LogP) is 2.48. The average Bonchev–Trinajstić information content (AvgIpc) is 2.29. The molecule has 0 unspecified atom stereocenters. The van der Waals surface area contributed by atoms with Crippen LogP contribution in [-0.2, 0) is 15.8 Å². The summed E-state index contributed by atoms with van der Waals surface area (Å²) in [5, 5.41) is 4.68. The average molecular weight is 288 g/mol. The van der Waals surface area contributed by atoms with Crippen LogP contribution in [0.1, 0.15) is 25.0 Å². The van der Waals surface area contributed by atoms with E-state index >= 15 is 0 Å². The van der Waals surface area contributed by atoms with Gasteiger partial charge in [0.1, 0.15) is 6.04 Å². The van der Waals surface area contributed by atoms with Crippen molar-refractivity contribution in [1.82, 2.24) is 5.32 Å². The molecule has 0 fully saturated rings. The molecule has 0 aliphatic carbocycles. The fourth-order valence-electron chi connectivity index (χ4n) is 1.63. The molecule has 0 saturated carbocycles. The summed E-state index contributed by atoms with van der Waals surface area (Å²) in [6.07, 6.45) is -4.48. The second kappa shape index (κ2) is 5.94. The summed E-state index contributed by atoms with van der Waals surface area (Å²) < 4.78 is 38.2. The Morgan fingerprint density at radius 3 is 2.35 bits per heavy atom. The third-order valence-corrected chi connectivity index (χ3v) is 2.62. The van der Waals surface area contributed by atoms with Gasteiger partial charge in [-0.05, 0) is 31.5 Å². The Bertz CT molecular complexity index is 527. The Morgan fingerprint density at radius 1 is 1.25 bits per heavy atom. The van der Waals surface area contributed by atoms with E-state index < -0.39 is 29.6 Å². The van der Waals surface area contributed by atoms with E-state index in [1.807, 2.05) is 0 Å². The van der Waals surface area contributed by atoms with E-state index in [-0.39, 0.29) is 11.3 Å². The Balaban J connectivity index is 2.89. The van der Waals surface area contributed by atoms with E-state index in [2.05, 4.69) is 10.6 Å². The van der Waals surface area contributed by atoms with Crippen LogP contribution < -0.4 is 10.6 Å². The first kappa shape index (κ1) is 16.0. The molecule has 0 spiro atoms. The number of hydrogen-bond acceptors (Lipinski definition) is 2. The van der Waals surface area contributed by atoms with Gasteiger partial charge in [0.2, 0.25) is 11.8 Å². The second-order valence-corrected chi connectivity index (χ2v) is 4.44. The predicted molar refractivity (Wildman–Crippen MR) is 68.1 cm³/mol. The summed E-state index contributed by atoms with van der Waals surface area (Å²) in [7, 11) is 0. The third kappa shape index (κ3) is 4.25. The Morgan fingerprint density at radius 2 is 1.85 bits per heavy atom. The van der Waals surface area contributed by atoms with Crippen LogP contribution in [0.25, 0.3) is 0 Å². The first-order chi connectivity index (χ1) is 9.11. The van der Waals surface area contributed by atoms with Crippen LogP contribution in [0, 0.1) is 6.92 Å². The molecule has 0 aliphatic rings. The number of benzene rings is 1. The van der Waals surface area contributed by atoms with Crippen molar-refractivity contribution in [1.29, 1.82) is 0 Å². The molecule has 0 saturated heterocycles.